The fourth-order valence-corrected chi connectivity index (χ4v) is 2.98. The van der Waals surface area contributed by atoms with Crippen LogP contribution in [0.4, 0.5) is 11.4 Å². The molecule has 33 heavy (non-hydrogen) atoms. The molecule has 1 saturated heterocycles. The van der Waals surface area contributed by atoms with Crippen LogP contribution in [-0.2, 0) is 4.74 Å². The van der Waals surface area contributed by atoms with Gasteiger partial charge in [0.2, 0.25) is 12.0 Å². The highest BCUT2D eigenvalue weighted by atomic mass is 16.5. The number of anilines is 2. The standard InChI is InChI=1S/C22H17N5O6/c23-20-18(27-25-15-4-1-3-13(11-15)22(30)31)17(19(33-20)16-5-2-10-32-16)26-24-14-8-6-12(7-9-14)21(28)29/h1-11,19,23-25H,(H,28,29)(H,30,31)/b23-20?,26-17+,27-18+/t19-/m0/s1. The highest BCUT2D eigenvalue weighted by molar-refractivity contribution is 6.69. The molecule has 4 rings (SSSR count). The van der Waals surface area contributed by atoms with Crippen molar-refractivity contribution in [2.75, 3.05) is 10.9 Å². The lowest BCUT2D eigenvalue weighted by Gasteiger charge is -2.08. The minimum Gasteiger partial charge on any atom is -0.478 e. The predicted molar refractivity (Wildman–Crippen MR) is 119 cm³/mol. The monoisotopic (exact) mass is 447 g/mol. The maximum absolute atomic E-state index is 11.2. The summed E-state index contributed by atoms with van der Waals surface area (Å²) >= 11 is 0. The molecule has 11 heteroatoms. The second kappa shape index (κ2) is 9.06. The van der Waals surface area contributed by atoms with E-state index in [2.05, 4.69) is 21.1 Å². The summed E-state index contributed by atoms with van der Waals surface area (Å²) in [6, 6.07) is 15.3. The number of carbonyl (C=O) groups is 2. The number of hydrogen-bond donors (Lipinski definition) is 5. The van der Waals surface area contributed by atoms with Crippen LogP contribution in [0.3, 0.4) is 0 Å². The van der Waals surface area contributed by atoms with Crippen LogP contribution in [0.25, 0.3) is 0 Å². The van der Waals surface area contributed by atoms with Gasteiger partial charge < -0.3 is 19.4 Å². The first-order valence-electron chi connectivity index (χ1n) is 9.55. The van der Waals surface area contributed by atoms with Crippen LogP contribution in [0.5, 0.6) is 0 Å². The van der Waals surface area contributed by atoms with Crippen molar-refractivity contribution in [2.24, 2.45) is 10.2 Å². The largest absolute Gasteiger partial charge is 0.478 e. The second-order valence-corrected chi connectivity index (χ2v) is 6.79. The number of nitrogens with zero attached hydrogens (tertiary/aromatic N) is 2. The van der Waals surface area contributed by atoms with Crippen molar-refractivity contribution < 1.29 is 29.0 Å². The second-order valence-electron chi connectivity index (χ2n) is 6.79. The van der Waals surface area contributed by atoms with Gasteiger partial charge in [0, 0.05) is 0 Å². The van der Waals surface area contributed by atoms with Gasteiger partial charge >= 0.3 is 11.9 Å². The zero-order valence-corrected chi connectivity index (χ0v) is 16.9. The topological polar surface area (TPSA) is 170 Å². The summed E-state index contributed by atoms with van der Waals surface area (Å²) in [6.07, 6.45) is 0.618. The summed E-state index contributed by atoms with van der Waals surface area (Å²) in [5, 5.41) is 34.9. The highest BCUT2D eigenvalue weighted by Gasteiger charge is 2.39. The van der Waals surface area contributed by atoms with Gasteiger partial charge in [0.25, 0.3) is 0 Å². The zero-order chi connectivity index (χ0) is 23.4. The molecular formula is C22H17N5O6. The van der Waals surface area contributed by atoms with Gasteiger partial charge in [0.15, 0.2) is 11.5 Å². The zero-order valence-electron chi connectivity index (χ0n) is 16.9. The third-order valence-electron chi connectivity index (χ3n) is 4.59. The van der Waals surface area contributed by atoms with E-state index in [1.165, 1.54) is 30.5 Å². The minimum absolute atomic E-state index is 0.0757. The number of furan rings is 1. The average molecular weight is 447 g/mol. The Bertz CT molecular complexity index is 1260. The molecule has 1 aliphatic heterocycles. The molecule has 0 spiro atoms. The SMILES string of the molecule is N=C1O[C@@H](c2ccco2)C(=N/Nc2ccc(C(=O)O)cc2)/C1=N\Nc1cccc(C(=O)O)c1. The molecule has 0 saturated carbocycles. The Balaban J connectivity index is 1.63. The van der Waals surface area contributed by atoms with Gasteiger partial charge in [0.1, 0.15) is 5.71 Å². The third kappa shape index (κ3) is 4.71. The predicted octanol–water partition coefficient (Wildman–Crippen LogP) is 3.66. The van der Waals surface area contributed by atoms with Crippen molar-refractivity contribution >= 4 is 40.6 Å². The average Bonchev–Trinajstić information content (AvgIpc) is 3.44. The number of aromatic carboxylic acids is 2. The van der Waals surface area contributed by atoms with Crippen molar-refractivity contribution in [3.63, 3.8) is 0 Å². The van der Waals surface area contributed by atoms with Gasteiger partial charge in [-0.1, -0.05) is 6.07 Å². The third-order valence-corrected chi connectivity index (χ3v) is 4.59. The molecule has 0 unspecified atom stereocenters. The molecule has 2 aromatic carbocycles. The molecule has 1 aliphatic rings. The molecule has 11 nitrogen and oxygen atoms in total. The van der Waals surface area contributed by atoms with E-state index in [9.17, 15) is 9.59 Å². The smallest absolute Gasteiger partial charge is 0.335 e. The van der Waals surface area contributed by atoms with Crippen LogP contribution < -0.4 is 10.9 Å². The van der Waals surface area contributed by atoms with Crippen molar-refractivity contribution in [1.29, 1.82) is 5.41 Å². The van der Waals surface area contributed by atoms with E-state index in [1.807, 2.05) is 0 Å². The minimum atomic E-state index is -1.08. The molecule has 1 fully saturated rings. The molecule has 3 aromatic rings. The van der Waals surface area contributed by atoms with E-state index in [-0.39, 0.29) is 28.4 Å². The normalized spacial score (nSPS) is 17.7. The summed E-state index contributed by atoms with van der Waals surface area (Å²) in [6.45, 7) is 0. The summed E-state index contributed by atoms with van der Waals surface area (Å²) in [4.78, 5) is 22.2. The lowest BCUT2D eigenvalue weighted by molar-refractivity contribution is 0.0686. The molecule has 1 aromatic heterocycles. The molecule has 5 N–H and O–H groups in total. The van der Waals surface area contributed by atoms with E-state index >= 15 is 0 Å². The number of carboxylic acid groups (broad SMARTS) is 2. The van der Waals surface area contributed by atoms with Gasteiger partial charge in [-0.05, 0) is 54.6 Å². The van der Waals surface area contributed by atoms with Crippen LogP contribution in [0.15, 0.2) is 81.5 Å². The van der Waals surface area contributed by atoms with Crippen LogP contribution in [-0.4, -0.2) is 39.5 Å². The van der Waals surface area contributed by atoms with Gasteiger partial charge in [-0.2, -0.15) is 10.2 Å². The molecular weight excluding hydrogens is 430 g/mol. The Labute approximate surface area is 186 Å². The summed E-state index contributed by atoms with van der Waals surface area (Å²) in [5.74, 6) is -1.99. The van der Waals surface area contributed by atoms with Gasteiger partial charge in [-0.25, -0.2) is 9.59 Å². The van der Waals surface area contributed by atoms with E-state index < -0.39 is 18.0 Å². The number of hydrazone groups is 2. The van der Waals surface area contributed by atoms with Crippen LogP contribution >= 0.6 is 0 Å². The van der Waals surface area contributed by atoms with Crippen molar-refractivity contribution in [3.05, 3.63) is 83.8 Å². The van der Waals surface area contributed by atoms with E-state index in [0.29, 0.717) is 17.1 Å². The number of carboxylic acids is 2. The quantitative estimate of drug-likeness (QED) is 0.342. The van der Waals surface area contributed by atoms with Crippen molar-refractivity contribution in [1.82, 2.24) is 0 Å². The van der Waals surface area contributed by atoms with Crippen molar-refractivity contribution in [3.8, 4) is 0 Å². The van der Waals surface area contributed by atoms with Crippen LogP contribution in [0.1, 0.15) is 32.6 Å². The Morgan fingerprint density at radius 3 is 2.27 bits per heavy atom. The molecule has 166 valence electrons. The molecule has 1 atom stereocenters. The maximum atomic E-state index is 11.2. The summed E-state index contributed by atoms with van der Waals surface area (Å²) < 4.78 is 11.0. The Kier molecular flexibility index (Phi) is 5.85. The van der Waals surface area contributed by atoms with Crippen LogP contribution in [0, 0.1) is 5.41 Å². The number of hydrogen-bond acceptors (Lipinski definition) is 9. The first kappa shape index (κ1) is 21.3. The number of benzene rings is 2. The van der Waals surface area contributed by atoms with Gasteiger partial charge in [-0.15, -0.1) is 0 Å². The molecule has 2 heterocycles. The number of ether oxygens (including phenoxy) is 1. The first-order chi connectivity index (χ1) is 15.9. The van der Waals surface area contributed by atoms with E-state index in [0.717, 1.165) is 0 Å². The van der Waals surface area contributed by atoms with Crippen LogP contribution in [0.2, 0.25) is 0 Å². The molecule has 0 bridgehead atoms. The lowest BCUT2D eigenvalue weighted by atomic mass is 10.1. The molecule has 0 aliphatic carbocycles. The molecule has 0 amide bonds. The van der Waals surface area contributed by atoms with E-state index in [4.69, 9.17) is 24.8 Å². The first-order valence-corrected chi connectivity index (χ1v) is 9.55. The fraction of sp³-hybridized carbons (Fsp3) is 0.0455. The maximum Gasteiger partial charge on any atom is 0.335 e. The van der Waals surface area contributed by atoms with Crippen molar-refractivity contribution in [2.45, 2.75) is 6.10 Å². The van der Waals surface area contributed by atoms with Gasteiger partial charge in [0.05, 0.1) is 28.8 Å². The Morgan fingerprint density at radius 1 is 0.879 bits per heavy atom. The number of rotatable bonds is 7. The summed E-state index contributed by atoms with van der Waals surface area (Å²) in [7, 11) is 0. The highest BCUT2D eigenvalue weighted by Crippen LogP contribution is 2.27. The Hall–Kier alpha value is -4.93. The molecule has 0 radical (unpaired) electrons. The summed E-state index contributed by atoms with van der Waals surface area (Å²) in [5.41, 5.74) is 6.95. The Morgan fingerprint density at radius 2 is 1.61 bits per heavy atom. The van der Waals surface area contributed by atoms with Gasteiger partial charge in [-0.3, -0.25) is 16.3 Å². The number of nitrogens with one attached hydrogen (secondary N) is 3. The van der Waals surface area contributed by atoms with E-state index in [1.54, 1.807) is 36.4 Å². The lowest BCUT2D eigenvalue weighted by Crippen LogP contribution is -2.19. The fourth-order valence-electron chi connectivity index (χ4n) is 2.98.